The molecule has 194 valence electrons. The number of nitrogens with zero attached hydrogens (tertiary/aromatic N) is 4. The third-order valence-corrected chi connectivity index (χ3v) is 6.74. The van der Waals surface area contributed by atoms with Gasteiger partial charge in [0.2, 0.25) is 0 Å². The van der Waals surface area contributed by atoms with Crippen LogP contribution in [0.1, 0.15) is 32.3 Å². The van der Waals surface area contributed by atoms with Gasteiger partial charge in [-0.15, -0.1) is 0 Å². The number of nitrogens with one attached hydrogen (secondary N) is 1. The highest BCUT2D eigenvalue weighted by molar-refractivity contribution is 5.82. The van der Waals surface area contributed by atoms with Gasteiger partial charge in [0.05, 0.1) is 12.4 Å². The number of carbonyl (C=O) groups excluding carboxylic acids is 1. The monoisotopic (exact) mass is 498 g/mol. The Bertz CT molecular complexity index is 1140. The van der Waals surface area contributed by atoms with Crippen molar-refractivity contribution in [1.29, 1.82) is 0 Å². The molecule has 0 saturated carbocycles. The lowest BCUT2D eigenvalue weighted by atomic mass is 10.0. The molecule has 1 aliphatic rings. The van der Waals surface area contributed by atoms with Crippen LogP contribution in [0.4, 0.5) is 5.82 Å². The van der Waals surface area contributed by atoms with Crippen molar-refractivity contribution in [2.24, 2.45) is 11.7 Å². The number of anilines is 1. The molecule has 0 spiro atoms. The second-order valence-corrected chi connectivity index (χ2v) is 9.20. The molecular weight excluding hydrogens is 464 g/mol. The van der Waals surface area contributed by atoms with E-state index in [1.807, 2.05) is 48.7 Å². The van der Waals surface area contributed by atoms with Crippen LogP contribution in [0.5, 0.6) is 0 Å². The summed E-state index contributed by atoms with van der Waals surface area (Å²) in [5.41, 5.74) is 8.32. The third-order valence-electron chi connectivity index (χ3n) is 6.74. The van der Waals surface area contributed by atoms with E-state index in [0.717, 1.165) is 12.0 Å². The van der Waals surface area contributed by atoms with Gasteiger partial charge in [-0.05, 0) is 17.9 Å². The average Bonchev–Trinajstić information content (AvgIpc) is 3.45. The largest absolute Gasteiger partial charge is 0.462 e. The number of rotatable bonds is 11. The summed E-state index contributed by atoms with van der Waals surface area (Å²) in [4.78, 5) is 25.3. The van der Waals surface area contributed by atoms with Crippen LogP contribution < -0.4 is 11.1 Å². The SMILES string of the molecule is CC[C@H](C)[C@H](N)C(=O)OC[C@H]1O[C@@H](CCn2cnc3c(NCc4ccccc4)ncnc32)[C@H](O)[C@@H]1O. The summed E-state index contributed by atoms with van der Waals surface area (Å²) < 4.78 is 12.9. The van der Waals surface area contributed by atoms with Crippen LogP contribution in [0.3, 0.4) is 0 Å². The molecule has 11 heteroatoms. The number of nitrogens with two attached hydrogens (primary N) is 1. The van der Waals surface area contributed by atoms with E-state index in [1.54, 1.807) is 6.33 Å². The van der Waals surface area contributed by atoms with Gasteiger partial charge in [-0.1, -0.05) is 50.6 Å². The molecule has 36 heavy (non-hydrogen) atoms. The van der Waals surface area contributed by atoms with E-state index in [4.69, 9.17) is 15.2 Å². The van der Waals surface area contributed by atoms with E-state index < -0.39 is 36.4 Å². The van der Waals surface area contributed by atoms with E-state index >= 15 is 0 Å². The number of hydrogen-bond acceptors (Lipinski definition) is 10. The number of fused-ring (bicyclic) bond motifs is 1. The molecule has 11 nitrogen and oxygen atoms in total. The lowest BCUT2D eigenvalue weighted by molar-refractivity contribution is -0.152. The lowest BCUT2D eigenvalue weighted by Gasteiger charge is -2.19. The molecule has 0 bridgehead atoms. The van der Waals surface area contributed by atoms with E-state index in [1.165, 1.54) is 6.33 Å². The fourth-order valence-corrected chi connectivity index (χ4v) is 4.17. The summed E-state index contributed by atoms with van der Waals surface area (Å²) >= 11 is 0. The van der Waals surface area contributed by atoms with Crippen LogP contribution >= 0.6 is 0 Å². The highest BCUT2D eigenvalue weighted by Crippen LogP contribution is 2.26. The summed E-state index contributed by atoms with van der Waals surface area (Å²) in [5, 5.41) is 24.2. The van der Waals surface area contributed by atoms with Crippen LogP contribution in [0.25, 0.3) is 11.2 Å². The first-order chi connectivity index (χ1) is 17.4. The van der Waals surface area contributed by atoms with E-state index in [-0.39, 0.29) is 12.5 Å². The molecule has 0 amide bonds. The maximum Gasteiger partial charge on any atom is 0.323 e. The zero-order valence-corrected chi connectivity index (χ0v) is 20.5. The van der Waals surface area contributed by atoms with Crippen LogP contribution in [0.2, 0.25) is 0 Å². The highest BCUT2D eigenvalue weighted by atomic mass is 16.6. The molecule has 1 fully saturated rings. The molecule has 2 aromatic heterocycles. The number of esters is 1. The van der Waals surface area contributed by atoms with Gasteiger partial charge >= 0.3 is 5.97 Å². The maximum atomic E-state index is 12.2. The van der Waals surface area contributed by atoms with E-state index in [9.17, 15) is 15.0 Å². The molecule has 6 atom stereocenters. The molecule has 1 aliphatic heterocycles. The summed E-state index contributed by atoms with van der Waals surface area (Å²) in [6.07, 6.45) is 0.557. The minimum atomic E-state index is -1.17. The van der Waals surface area contributed by atoms with Gasteiger partial charge in [0.25, 0.3) is 0 Å². The van der Waals surface area contributed by atoms with Crippen molar-refractivity contribution in [3.8, 4) is 0 Å². The van der Waals surface area contributed by atoms with Gasteiger partial charge in [-0.2, -0.15) is 0 Å². The standard InChI is InChI=1S/C25H34N6O5/c1-3-15(2)19(26)25(34)35-12-18-22(33)21(32)17(36-18)9-10-31-14-30-20-23(28-13-29-24(20)31)27-11-16-7-5-4-6-8-16/h4-8,13-15,17-19,21-22,32-33H,3,9-12,26H2,1-2H3,(H,27,28,29)/t15-,17-,18+,19-,21-,22+/m0/s1. The van der Waals surface area contributed by atoms with Gasteiger partial charge in [-0.3, -0.25) is 4.79 Å². The summed E-state index contributed by atoms with van der Waals surface area (Å²) in [5.74, 6) is 0.0696. The van der Waals surface area contributed by atoms with Crippen molar-refractivity contribution in [2.45, 2.75) is 70.2 Å². The Morgan fingerprint density at radius 3 is 2.69 bits per heavy atom. The molecule has 0 radical (unpaired) electrons. The van der Waals surface area contributed by atoms with Crippen molar-refractivity contribution in [1.82, 2.24) is 19.5 Å². The molecule has 3 heterocycles. The first-order valence-corrected chi connectivity index (χ1v) is 12.3. The van der Waals surface area contributed by atoms with Crippen LogP contribution in [-0.4, -0.2) is 72.8 Å². The molecule has 3 aromatic rings. The van der Waals surface area contributed by atoms with Crippen molar-refractivity contribution in [3.05, 3.63) is 48.5 Å². The Balaban J connectivity index is 1.33. The van der Waals surface area contributed by atoms with Gasteiger partial charge in [0.1, 0.15) is 42.8 Å². The smallest absolute Gasteiger partial charge is 0.323 e. The number of aryl methyl sites for hydroxylation is 1. The van der Waals surface area contributed by atoms with Crippen molar-refractivity contribution in [3.63, 3.8) is 0 Å². The Labute approximate surface area is 209 Å². The Morgan fingerprint density at radius 2 is 1.94 bits per heavy atom. The number of hydrogen-bond donors (Lipinski definition) is 4. The van der Waals surface area contributed by atoms with Crippen LogP contribution in [0, 0.1) is 5.92 Å². The van der Waals surface area contributed by atoms with Crippen molar-refractivity contribution in [2.75, 3.05) is 11.9 Å². The highest BCUT2D eigenvalue weighted by Gasteiger charge is 2.43. The van der Waals surface area contributed by atoms with Gasteiger partial charge in [0, 0.05) is 13.1 Å². The van der Waals surface area contributed by atoms with Gasteiger partial charge in [0.15, 0.2) is 11.5 Å². The second kappa shape index (κ2) is 11.7. The topological polar surface area (TPSA) is 158 Å². The quantitative estimate of drug-likeness (QED) is 0.283. The first-order valence-electron chi connectivity index (χ1n) is 12.3. The number of aliphatic hydroxyl groups excluding tert-OH is 2. The minimum Gasteiger partial charge on any atom is -0.462 e. The Hall–Kier alpha value is -3.12. The van der Waals surface area contributed by atoms with Gasteiger partial charge in [-0.25, -0.2) is 15.0 Å². The Morgan fingerprint density at radius 1 is 1.19 bits per heavy atom. The number of imidazole rings is 1. The number of carbonyl (C=O) groups is 1. The van der Waals surface area contributed by atoms with E-state index in [2.05, 4.69) is 20.3 Å². The molecule has 1 saturated heterocycles. The molecule has 0 unspecified atom stereocenters. The minimum absolute atomic E-state index is 0.0203. The second-order valence-electron chi connectivity index (χ2n) is 9.20. The number of aliphatic hydroxyl groups is 2. The first kappa shape index (κ1) is 26.0. The normalized spacial score (nSPS) is 23.5. The number of benzene rings is 1. The number of aromatic nitrogens is 4. The molecular formula is C25H34N6O5. The zero-order chi connectivity index (χ0) is 25.7. The summed E-state index contributed by atoms with van der Waals surface area (Å²) in [7, 11) is 0. The molecule has 0 aliphatic carbocycles. The molecule has 5 N–H and O–H groups in total. The third kappa shape index (κ3) is 5.81. The Kier molecular flexibility index (Phi) is 8.47. The predicted octanol–water partition coefficient (Wildman–Crippen LogP) is 1.23. The van der Waals surface area contributed by atoms with Crippen LogP contribution in [0.15, 0.2) is 43.0 Å². The van der Waals surface area contributed by atoms with Crippen LogP contribution in [-0.2, 0) is 27.4 Å². The summed E-state index contributed by atoms with van der Waals surface area (Å²) in [6, 6.07) is 9.25. The predicted molar refractivity (Wildman–Crippen MR) is 133 cm³/mol. The van der Waals surface area contributed by atoms with E-state index in [0.29, 0.717) is 36.5 Å². The van der Waals surface area contributed by atoms with Gasteiger partial charge < -0.3 is 35.3 Å². The maximum absolute atomic E-state index is 12.2. The fraction of sp³-hybridized carbons (Fsp3) is 0.520. The lowest BCUT2D eigenvalue weighted by Crippen LogP contribution is -2.41. The number of ether oxygens (including phenoxy) is 2. The zero-order valence-electron chi connectivity index (χ0n) is 20.5. The fourth-order valence-electron chi connectivity index (χ4n) is 4.17. The molecule has 4 rings (SSSR count). The summed E-state index contributed by atoms with van der Waals surface area (Å²) in [6.45, 7) is 4.70. The average molecular weight is 499 g/mol. The molecule has 1 aromatic carbocycles. The van der Waals surface area contributed by atoms with Crippen molar-refractivity contribution >= 4 is 23.0 Å². The van der Waals surface area contributed by atoms with Crippen molar-refractivity contribution < 1.29 is 24.5 Å².